The Morgan fingerprint density at radius 2 is 1.59 bits per heavy atom. The van der Waals surface area contributed by atoms with Gasteiger partial charge in [-0.15, -0.1) is 0 Å². The van der Waals surface area contributed by atoms with Crippen LogP contribution in [-0.4, -0.2) is 61.3 Å². The number of aliphatic hydroxyl groups is 4. The zero-order chi connectivity index (χ0) is 25.1. The van der Waals surface area contributed by atoms with E-state index in [4.69, 9.17) is 4.74 Å². The van der Waals surface area contributed by atoms with Gasteiger partial charge in [0.1, 0.15) is 0 Å². The van der Waals surface area contributed by atoms with Gasteiger partial charge < -0.3 is 25.2 Å². The summed E-state index contributed by atoms with van der Waals surface area (Å²) >= 11 is 0. The maximum Gasteiger partial charge on any atom is 0.162 e. The number of hydrogen-bond acceptors (Lipinski definition) is 6. The summed E-state index contributed by atoms with van der Waals surface area (Å²) in [4.78, 5) is 13.6. The molecule has 0 spiro atoms. The summed E-state index contributed by atoms with van der Waals surface area (Å²) in [7, 11) is 0. The highest BCUT2D eigenvalue weighted by molar-refractivity contribution is 5.97. The summed E-state index contributed by atoms with van der Waals surface area (Å²) in [6.07, 6.45) is 4.62. The Labute approximate surface area is 203 Å². The second-order valence-electron chi connectivity index (χ2n) is 13.8. The molecule has 6 heteroatoms. The molecule has 0 radical (unpaired) electrons. The molecular formula is C28H44O6. The molecular weight excluding hydrogens is 432 g/mol. The van der Waals surface area contributed by atoms with Crippen LogP contribution in [0.2, 0.25) is 0 Å². The van der Waals surface area contributed by atoms with E-state index in [9.17, 15) is 25.2 Å². The Bertz CT molecular complexity index is 924. The van der Waals surface area contributed by atoms with E-state index >= 15 is 0 Å². The molecule has 3 saturated carbocycles. The Balaban J connectivity index is 1.53. The highest BCUT2D eigenvalue weighted by atomic mass is 16.5. The maximum atomic E-state index is 13.6. The minimum Gasteiger partial charge on any atom is -0.390 e. The first-order valence-electron chi connectivity index (χ1n) is 13.3. The number of rotatable bonds is 2. The lowest BCUT2D eigenvalue weighted by molar-refractivity contribution is -0.195. The van der Waals surface area contributed by atoms with Crippen LogP contribution in [0.5, 0.6) is 0 Å². The third kappa shape index (κ3) is 2.95. The summed E-state index contributed by atoms with van der Waals surface area (Å²) in [5.74, 6) is -0.248. The monoisotopic (exact) mass is 476 g/mol. The Kier molecular flexibility index (Phi) is 5.24. The molecule has 192 valence electrons. The molecule has 0 bridgehead atoms. The summed E-state index contributed by atoms with van der Waals surface area (Å²) in [5.41, 5.74) is -3.61. The van der Waals surface area contributed by atoms with Gasteiger partial charge in [0.2, 0.25) is 0 Å². The molecule has 4 fully saturated rings. The smallest absolute Gasteiger partial charge is 0.162 e. The Hall–Kier alpha value is -0.790. The molecule has 5 aliphatic rings. The molecule has 0 aromatic heterocycles. The van der Waals surface area contributed by atoms with Crippen LogP contribution in [0.1, 0.15) is 92.9 Å². The molecule has 1 saturated heterocycles. The molecule has 10 atom stereocenters. The summed E-state index contributed by atoms with van der Waals surface area (Å²) in [6, 6.07) is 0. The van der Waals surface area contributed by atoms with Crippen LogP contribution < -0.4 is 0 Å². The van der Waals surface area contributed by atoms with Crippen molar-refractivity contribution in [2.75, 3.05) is 0 Å². The van der Waals surface area contributed by atoms with Crippen LogP contribution >= 0.6 is 0 Å². The van der Waals surface area contributed by atoms with Crippen molar-refractivity contribution in [3.63, 3.8) is 0 Å². The summed E-state index contributed by atoms with van der Waals surface area (Å²) < 4.78 is 6.28. The SMILES string of the molecule is CC1(C)CCC(C(C)(O)C2CCC3(O)C4=CC(=O)C5(C)CC(O)C(O)CC5(C)C4CCC23C)O1. The van der Waals surface area contributed by atoms with Crippen molar-refractivity contribution in [3.05, 3.63) is 11.6 Å². The Morgan fingerprint density at radius 1 is 0.941 bits per heavy atom. The van der Waals surface area contributed by atoms with Gasteiger partial charge in [-0.05, 0) is 101 Å². The lowest BCUT2D eigenvalue weighted by Crippen LogP contribution is -2.65. The van der Waals surface area contributed by atoms with E-state index in [0.29, 0.717) is 19.3 Å². The van der Waals surface area contributed by atoms with Crippen molar-refractivity contribution in [3.8, 4) is 0 Å². The number of hydrogen-bond donors (Lipinski definition) is 4. The molecule has 4 N–H and O–H groups in total. The highest BCUT2D eigenvalue weighted by Gasteiger charge is 2.71. The van der Waals surface area contributed by atoms with Crippen molar-refractivity contribution < 1.29 is 30.0 Å². The van der Waals surface area contributed by atoms with Gasteiger partial charge in [-0.2, -0.15) is 0 Å². The maximum absolute atomic E-state index is 13.6. The molecule has 34 heavy (non-hydrogen) atoms. The van der Waals surface area contributed by atoms with Crippen molar-refractivity contribution in [1.82, 2.24) is 0 Å². The second kappa shape index (κ2) is 7.16. The third-order valence-electron chi connectivity index (χ3n) is 11.7. The van der Waals surface area contributed by atoms with Gasteiger partial charge in [-0.3, -0.25) is 4.79 Å². The van der Waals surface area contributed by atoms with Gasteiger partial charge in [0, 0.05) is 10.8 Å². The van der Waals surface area contributed by atoms with Crippen molar-refractivity contribution in [2.24, 2.45) is 28.1 Å². The lowest BCUT2D eigenvalue weighted by atomic mass is 9.41. The van der Waals surface area contributed by atoms with Crippen molar-refractivity contribution in [1.29, 1.82) is 0 Å². The number of allylic oxidation sites excluding steroid dienone is 1. The van der Waals surface area contributed by atoms with Gasteiger partial charge in [0.25, 0.3) is 0 Å². The first kappa shape index (κ1) is 24.9. The van der Waals surface area contributed by atoms with E-state index in [2.05, 4.69) is 27.7 Å². The number of ketones is 1. The minimum absolute atomic E-state index is 0.0409. The molecule has 1 heterocycles. The van der Waals surface area contributed by atoms with E-state index in [0.717, 1.165) is 31.3 Å². The fourth-order valence-electron chi connectivity index (χ4n) is 9.22. The molecule has 10 unspecified atom stereocenters. The second-order valence-corrected chi connectivity index (χ2v) is 13.8. The zero-order valence-corrected chi connectivity index (χ0v) is 21.7. The van der Waals surface area contributed by atoms with Gasteiger partial charge >= 0.3 is 0 Å². The van der Waals surface area contributed by atoms with Crippen LogP contribution in [0.3, 0.4) is 0 Å². The number of fused-ring (bicyclic) bond motifs is 5. The fraction of sp³-hybridized carbons (Fsp3) is 0.893. The van der Waals surface area contributed by atoms with Crippen LogP contribution in [0.25, 0.3) is 0 Å². The van der Waals surface area contributed by atoms with Crippen LogP contribution in [0.4, 0.5) is 0 Å². The van der Waals surface area contributed by atoms with E-state index in [-0.39, 0.29) is 35.7 Å². The first-order chi connectivity index (χ1) is 15.5. The van der Waals surface area contributed by atoms with E-state index in [1.54, 1.807) is 6.08 Å². The number of carbonyl (C=O) groups excluding carboxylic acids is 1. The van der Waals surface area contributed by atoms with E-state index in [1.165, 1.54) is 0 Å². The molecule has 1 aliphatic heterocycles. The Morgan fingerprint density at radius 3 is 2.21 bits per heavy atom. The number of ether oxygens (including phenoxy) is 1. The van der Waals surface area contributed by atoms with Crippen LogP contribution in [-0.2, 0) is 9.53 Å². The van der Waals surface area contributed by atoms with Gasteiger partial charge in [-0.1, -0.05) is 20.8 Å². The topological polar surface area (TPSA) is 107 Å². The van der Waals surface area contributed by atoms with Crippen LogP contribution in [0.15, 0.2) is 11.6 Å². The van der Waals surface area contributed by atoms with E-state index in [1.807, 2.05) is 13.8 Å². The average Bonchev–Trinajstić information content (AvgIpc) is 3.23. The standard InChI is InChI=1S/C28H44O6/c1-23(2)10-9-22(34-23)27(6,32)20-8-12-28(33)17-13-21(31)26(5)15-19(30)18(29)14-25(26,4)16(17)7-11-24(20,28)3/h13,16,18-20,22,29-30,32-33H,7-12,14-15H2,1-6H3. The van der Waals surface area contributed by atoms with E-state index < -0.39 is 39.7 Å². The summed E-state index contributed by atoms with van der Waals surface area (Å²) in [6.45, 7) is 12.1. The summed E-state index contributed by atoms with van der Waals surface area (Å²) in [5, 5.41) is 45.3. The first-order valence-corrected chi connectivity index (χ1v) is 13.3. The number of carbonyl (C=O) groups is 1. The fourth-order valence-corrected chi connectivity index (χ4v) is 9.22. The molecule has 5 rings (SSSR count). The molecule has 4 aliphatic carbocycles. The normalized spacial score (nSPS) is 54.0. The predicted octanol–water partition coefficient (Wildman–Crippen LogP) is 3.29. The average molecular weight is 477 g/mol. The zero-order valence-electron chi connectivity index (χ0n) is 21.7. The van der Waals surface area contributed by atoms with Gasteiger partial charge in [0.15, 0.2) is 5.78 Å². The number of aliphatic hydroxyl groups excluding tert-OH is 2. The third-order valence-corrected chi connectivity index (χ3v) is 11.7. The van der Waals surface area contributed by atoms with Crippen LogP contribution in [0, 0.1) is 28.1 Å². The van der Waals surface area contributed by atoms with Gasteiger partial charge in [-0.25, -0.2) is 0 Å². The highest BCUT2D eigenvalue weighted by Crippen LogP contribution is 2.70. The van der Waals surface area contributed by atoms with Crippen molar-refractivity contribution >= 4 is 5.78 Å². The lowest BCUT2D eigenvalue weighted by Gasteiger charge is -2.63. The minimum atomic E-state index is -1.18. The predicted molar refractivity (Wildman–Crippen MR) is 128 cm³/mol. The molecule has 6 nitrogen and oxygen atoms in total. The largest absolute Gasteiger partial charge is 0.390 e. The molecule has 0 amide bonds. The molecule has 0 aromatic rings. The van der Waals surface area contributed by atoms with Gasteiger partial charge in [0.05, 0.1) is 35.1 Å². The van der Waals surface area contributed by atoms with Crippen molar-refractivity contribution in [2.45, 2.75) is 128 Å². The molecule has 0 aromatic carbocycles. The quantitative estimate of drug-likeness (QED) is 0.487.